The summed E-state index contributed by atoms with van der Waals surface area (Å²) in [5.74, 6) is 1.00. The second-order valence-corrected chi connectivity index (χ2v) is 5.82. The van der Waals surface area contributed by atoms with Crippen LogP contribution in [0.2, 0.25) is 0 Å². The van der Waals surface area contributed by atoms with Crippen LogP contribution in [0.1, 0.15) is 50.8 Å². The molecule has 0 saturated carbocycles. The molecule has 1 atom stereocenters. The van der Waals surface area contributed by atoms with E-state index >= 15 is 0 Å². The summed E-state index contributed by atoms with van der Waals surface area (Å²) in [5.41, 5.74) is 6.34. The Hall–Kier alpha value is -1.52. The molecule has 128 valence electrons. The number of para-hydroxylation sites is 1. The zero-order chi connectivity index (χ0) is 15.9. The Balaban J connectivity index is 0.00000264. The first-order valence-electron chi connectivity index (χ1n) is 8.07. The van der Waals surface area contributed by atoms with Crippen LogP contribution in [0, 0.1) is 0 Å². The highest BCUT2D eigenvalue weighted by atomic mass is 35.5. The van der Waals surface area contributed by atoms with E-state index < -0.39 is 0 Å². The van der Waals surface area contributed by atoms with Gasteiger partial charge in [0, 0.05) is 18.9 Å². The van der Waals surface area contributed by atoms with Crippen molar-refractivity contribution < 1.29 is 9.21 Å². The molecule has 1 heterocycles. The van der Waals surface area contributed by atoms with Crippen molar-refractivity contribution in [3.63, 3.8) is 0 Å². The zero-order valence-electron chi connectivity index (χ0n) is 14.0. The van der Waals surface area contributed by atoms with Gasteiger partial charge in [0.05, 0.1) is 6.04 Å². The normalized spacial score (nSPS) is 12.0. The molecule has 2 N–H and O–H groups in total. The van der Waals surface area contributed by atoms with Gasteiger partial charge in [-0.25, -0.2) is 0 Å². The summed E-state index contributed by atoms with van der Waals surface area (Å²) in [7, 11) is 1.85. The molecule has 5 heteroatoms. The van der Waals surface area contributed by atoms with Gasteiger partial charge in [-0.05, 0) is 38.4 Å². The summed E-state index contributed by atoms with van der Waals surface area (Å²) in [4.78, 5) is 14.0. The van der Waals surface area contributed by atoms with Gasteiger partial charge in [-0.1, -0.05) is 31.0 Å². The summed E-state index contributed by atoms with van der Waals surface area (Å²) in [6.07, 6.45) is 4.73. The first-order chi connectivity index (χ1) is 10.6. The minimum absolute atomic E-state index is 0. The Labute approximate surface area is 144 Å². The highest BCUT2D eigenvalue weighted by molar-refractivity contribution is 5.85. The van der Waals surface area contributed by atoms with Crippen LogP contribution in [0.5, 0.6) is 0 Å². The van der Waals surface area contributed by atoms with Crippen LogP contribution in [-0.2, 0) is 4.79 Å². The van der Waals surface area contributed by atoms with Crippen molar-refractivity contribution in [1.29, 1.82) is 0 Å². The van der Waals surface area contributed by atoms with Crippen LogP contribution in [0.4, 0.5) is 0 Å². The van der Waals surface area contributed by atoms with Crippen LogP contribution in [-0.4, -0.2) is 24.4 Å². The Kier molecular flexibility index (Phi) is 8.13. The van der Waals surface area contributed by atoms with E-state index in [1.54, 1.807) is 4.90 Å². The lowest BCUT2D eigenvalue weighted by Crippen LogP contribution is -2.29. The number of furan rings is 1. The summed E-state index contributed by atoms with van der Waals surface area (Å²) < 4.78 is 5.85. The number of halogens is 1. The Morgan fingerprint density at radius 3 is 2.61 bits per heavy atom. The highest BCUT2D eigenvalue weighted by Crippen LogP contribution is 2.27. The third-order valence-electron chi connectivity index (χ3n) is 4.18. The van der Waals surface area contributed by atoms with Gasteiger partial charge in [0.1, 0.15) is 11.3 Å². The van der Waals surface area contributed by atoms with E-state index in [4.69, 9.17) is 10.2 Å². The van der Waals surface area contributed by atoms with E-state index in [0.717, 1.165) is 49.0 Å². The number of carbonyl (C=O) groups excluding carboxylic acids is 1. The maximum atomic E-state index is 12.3. The number of rotatable bonds is 8. The summed E-state index contributed by atoms with van der Waals surface area (Å²) in [6.45, 7) is 2.74. The smallest absolute Gasteiger partial charge is 0.222 e. The molecule has 1 aromatic carbocycles. The van der Waals surface area contributed by atoms with E-state index in [0.29, 0.717) is 6.42 Å². The lowest BCUT2D eigenvalue weighted by Gasteiger charge is -2.23. The fraction of sp³-hybridized carbons (Fsp3) is 0.500. The van der Waals surface area contributed by atoms with Crippen molar-refractivity contribution in [1.82, 2.24) is 4.90 Å². The molecule has 0 aliphatic rings. The van der Waals surface area contributed by atoms with Crippen LogP contribution < -0.4 is 5.73 Å². The predicted octanol–water partition coefficient (Wildman–Crippen LogP) is 4.28. The number of hydrogen-bond acceptors (Lipinski definition) is 3. The van der Waals surface area contributed by atoms with Gasteiger partial charge in [0.25, 0.3) is 0 Å². The van der Waals surface area contributed by atoms with Crippen LogP contribution in [0.25, 0.3) is 11.0 Å². The van der Waals surface area contributed by atoms with Crippen molar-refractivity contribution in [3.8, 4) is 0 Å². The fourth-order valence-electron chi connectivity index (χ4n) is 2.57. The van der Waals surface area contributed by atoms with Crippen molar-refractivity contribution in [2.45, 2.75) is 45.1 Å². The number of amides is 1. The Bertz CT molecular complexity index is 579. The van der Waals surface area contributed by atoms with E-state index in [2.05, 4.69) is 0 Å². The summed E-state index contributed by atoms with van der Waals surface area (Å²) >= 11 is 0. The van der Waals surface area contributed by atoms with Gasteiger partial charge in [0.2, 0.25) is 5.91 Å². The van der Waals surface area contributed by atoms with E-state index in [1.807, 2.05) is 44.3 Å². The van der Waals surface area contributed by atoms with Crippen molar-refractivity contribution in [2.24, 2.45) is 5.73 Å². The average molecular weight is 339 g/mol. The maximum absolute atomic E-state index is 12.3. The van der Waals surface area contributed by atoms with Crippen molar-refractivity contribution in [2.75, 3.05) is 13.6 Å². The minimum Gasteiger partial charge on any atom is -0.459 e. The standard InChI is InChI=1S/C18H26N2O2.ClH/c1-14(17-13-15-9-6-7-10-16(15)22-17)20(2)18(21)11-5-3-4-8-12-19;/h6-7,9-10,13-14H,3-5,8,11-12,19H2,1-2H3;1H. The average Bonchev–Trinajstić information content (AvgIpc) is 2.97. The SMILES string of the molecule is CC(c1cc2ccccc2o1)N(C)C(=O)CCCCCCN.Cl. The third-order valence-corrected chi connectivity index (χ3v) is 4.18. The van der Waals surface area contributed by atoms with Gasteiger partial charge in [-0.3, -0.25) is 4.79 Å². The molecule has 0 bridgehead atoms. The number of nitrogens with two attached hydrogens (primary N) is 1. The molecule has 1 aromatic heterocycles. The predicted molar refractivity (Wildman–Crippen MR) is 96.8 cm³/mol. The monoisotopic (exact) mass is 338 g/mol. The third kappa shape index (κ3) is 5.26. The van der Waals surface area contributed by atoms with Crippen molar-refractivity contribution >= 4 is 29.3 Å². The number of benzene rings is 1. The summed E-state index contributed by atoms with van der Waals surface area (Å²) in [6, 6.07) is 9.88. The number of unbranched alkanes of at least 4 members (excludes halogenated alkanes) is 3. The second kappa shape index (κ2) is 9.58. The Morgan fingerprint density at radius 1 is 1.22 bits per heavy atom. The number of fused-ring (bicyclic) bond motifs is 1. The number of carbonyl (C=O) groups is 1. The lowest BCUT2D eigenvalue weighted by atomic mass is 10.1. The van der Waals surface area contributed by atoms with E-state index in [9.17, 15) is 4.79 Å². The zero-order valence-corrected chi connectivity index (χ0v) is 14.8. The van der Waals surface area contributed by atoms with Gasteiger partial charge in [-0.15, -0.1) is 12.4 Å². The molecule has 0 radical (unpaired) electrons. The second-order valence-electron chi connectivity index (χ2n) is 5.82. The molecule has 23 heavy (non-hydrogen) atoms. The molecule has 1 unspecified atom stereocenters. The van der Waals surface area contributed by atoms with Crippen LogP contribution in [0.15, 0.2) is 34.7 Å². The lowest BCUT2D eigenvalue weighted by molar-refractivity contribution is -0.132. The van der Waals surface area contributed by atoms with E-state index in [1.165, 1.54) is 0 Å². The Morgan fingerprint density at radius 2 is 1.91 bits per heavy atom. The molecule has 0 fully saturated rings. The van der Waals surface area contributed by atoms with Crippen LogP contribution in [0.3, 0.4) is 0 Å². The van der Waals surface area contributed by atoms with Crippen LogP contribution >= 0.6 is 12.4 Å². The van der Waals surface area contributed by atoms with Crippen molar-refractivity contribution in [3.05, 3.63) is 36.1 Å². The molecule has 2 rings (SSSR count). The topological polar surface area (TPSA) is 59.5 Å². The largest absolute Gasteiger partial charge is 0.459 e. The highest BCUT2D eigenvalue weighted by Gasteiger charge is 2.20. The fourth-order valence-corrected chi connectivity index (χ4v) is 2.57. The number of nitrogens with zero attached hydrogens (tertiary/aromatic N) is 1. The van der Waals surface area contributed by atoms with Gasteiger partial charge >= 0.3 is 0 Å². The first kappa shape index (κ1) is 19.5. The molecule has 0 saturated heterocycles. The summed E-state index contributed by atoms with van der Waals surface area (Å²) in [5, 5.41) is 1.08. The molecule has 0 aliphatic carbocycles. The molecule has 4 nitrogen and oxygen atoms in total. The molecule has 0 spiro atoms. The van der Waals surface area contributed by atoms with E-state index in [-0.39, 0.29) is 24.4 Å². The quantitative estimate of drug-likeness (QED) is 0.731. The molecule has 1 amide bonds. The minimum atomic E-state index is -0.0519. The molecular weight excluding hydrogens is 312 g/mol. The molecule has 0 aliphatic heterocycles. The molecule has 2 aromatic rings. The first-order valence-corrected chi connectivity index (χ1v) is 8.07. The molecular formula is C18H27ClN2O2. The van der Waals surface area contributed by atoms with Gasteiger partial charge < -0.3 is 15.1 Å². The maximum Gasteiger partial charge on any atom is 0.222 e. The van der Waals surface area contributed by atoms with Gasteiger partial charge in [-0.2, -0.15) is 0 Å². The number of hydrogen-bond donors (Lipinski definition) is 1. The van der Waals surface area contributed by atoms with Gasteiger partial charge in [0.15, 0.2) is 0 Å².